The van der Waals surface area contributed by atoms with Crippen molar-refractivity contribution in [2.75, 3.05) is 6.54 Å². The van der Waals surface area contributed by atoms with E-state index in [0.717, 1.165) is 12.8 Å². The van der Waals surface area contributed by atoms with Crippen molar-refractivity contribution in [1.82, 2.24) is 10.6 Å². The summed E-state index contributed by atoms with van der Waals surface area (Å²) in [5.74, 6) is 0.0103. The molecule has 1 saturated carbocycles. The molecule has 1 rings (SSSR count). The molecule has 1 aliphatic carbocycles. The Morgan fingerprint density at radius 1 is 1.64 bits per heavy atom. The van der Waals surface area contributed by atoms with Gasteiger partial charge in [0.25, 0.3) is 0 Å². The predicted octanol–water partition coefficient (Wildman–Crippen LogP) is 0.410. The molecule has 1 aliphatic rings. The fourth-order valence-corrected chi connectivity index (χ4v) is 1.14. The van der Waals surface area contributed by atoms with Gasteiger partial charge in [-0.2, -0.15) is 0 Å². The number of nitrogens with two attached hydrogens (primary N) is 1. The Morgan fingerprint density at radius 2 is 2.29 bits per heavy atom. The highest BCUT2D eigenvalue weighted by Crippen LogP contribution is 2.17. The molecule has 80 valence electrons. The van der Waals surface area contributed by atoms with Crippen molar-refractivity contribution in [2.24, 2.45) is 11.7 Å². The summed E-state index contributed by atoms with van der Waals surface area (Å²) in [7, 11) is 0. The monoisotopic (exact) mass is 198 g/mol. The van der Waals surface area contributed by atoms with E-state index in [1.807, 2.05) is 6.92 Å². The number of nitrogens with one attached hydrogen (secondary N) is 3. The number of amidine groups is 1. The van der Waals surface area contributed by atoms with Crippen LogP contribution >= 0.6 is 0 Å². The van der Waals surface area contributed by atoms with Gasteiger partial charge in [-0.1, -0.05) is 6.92 Å². The second-order valence-electron chi connectivity index (χ2n) is 3.84. The molecule has 2 amide bonds. The molecular weight excluding hydrogens is 180 g/mol. The molecule has 0 radical (unpaired) electrons. The van der Waals surface area contributed by atoms with Crippen molar-refractivity contribution in [2.45, 2.75) is 32.2 Å². The van der Waals surface area contributed by atoms with Gasteiger partial charge in [-0.05, 0) is 19.3 Å². The SMILES string of the molecule is CC(CNC(=O)NC1CCC1)C(=N)N. The standard InChI is InChI=1S/C9H18N4O/c1-6(8(10)11)5-12-9(14)13-7-3-2-4-7/h6-7H,2-5H2,1H3,(H3,10,11)(H2,12,13,14). The van der Waals surface area contributed by atoms with Crippen LogP contribution in [0, 0.1) is 11.3 Å². The van der Waals surface area contributed by atoms with Crippen molar-refractivity contribution in [1.29, 1.82) is 5.41 Å². The molecule has 0 saturated heterocycles. The summed E-state index contributed by atoms with van der Waals surface area (Å²) in [6.45, 7) is 2.24. The highest BCUT2D eigenvalue weighted by atomic mass is 16.2. The van der Waals surface area contributed by atoms with E-state index >= 15 is 0 Å². The van der Waals surface area contributed by atoms with Gasteiger partial charge in [0.1, 0.15) is 0 Å². The lowest BCUT2D eigenvalue weighted by atomic mass is 9.93. The third-order valence-corrected chi connectivity index (χ3v) is 2.54. The van der Waals surface area contributed by atoms with Crippen molar-refractivity contribution in [3.05, 3.63) is 0 Å². The summed E-state index contributed by atoms with van der Waals surface area (Å²) in [5.41, 5.74) is 5.27. The summed E-state index contributed by atoms with van der Waals surface area (Å²) in [5, 5.41) is 12.7. The number of urea groups is 1. The van der Waals surface area contributed by atoms with Crippen LogP contribution in [0.3, 0.4) is 0 Å². The van der Waals surface area contributed by atoms with Gasteiger partial charge in [0, 0.05) is 18.5 Å². The summed E-state index contributed by atoms with van der Waals surface area (Å²) in [6.07, 6.45) is 3.36. The van der Waals surface area contributed by atoms with E-state index < -0.39 is 0 Å². The fourth-order valence-electron chi connectivity index (χ4n) is 1.14. The Morgan fingerprint density at radius 3 is 2.71 bits per heavy atom. The molecule has 5 nitrogen and oxygen atoms in total. The van der Waals surface area contributed by atoms with Crippen LogP contribution in [-0.2, 0) is 0 Å². The number of amides is 2. The van der Waals surface area contributed by atoms with Crippen LogP contribution in [-0.4, -0.2) is 24.5 Å². The van der Waals surface area contributed by atoms with Crippen molar-refractivity contribution in [3.63, 3.8) is 0 Å². The van der Waals surface area contributed by atoms with Crippen LogP contribution in [0.1, 0.15) is 26.2 Å². The van der Waals surface area contributed by atoms with Crippen LogP contribution in [0.15, 0.2) is 0 Å². The summed E-state index contributed by atoms with van der Waals surface area (Å²) in [6, 6.07) is 0.199. The fraction of sp³-hybridized carbons (Fsp3) is 0.778. The molecule has 1 unspecified atom stereocenters. The molecule has 14 heavy (non-hydrogen) atoms. The first-order chi connectivity index (χ1) is 6.59. The zero-order valence-electron chi connectivity index (χ0n) is 8.47. The second-order valence-corrected chi connectivity index (χ2v) is 3.84. The lowest BCUT2D eigenvalue weighted by Gasteiger charge is -2.26. The molecule has 1 fully saturated rings. The summed E-state index contributed by atoms with van der Waals surface area (Å²) < 4.78 is 0. The maximum Gasteiger partial charge on any atom is 0.315 e. The Bertz CT molecular complexity index is 225. The smallest absolute Gasteiger partial charge is 0.315 e. The largest absolute Gasteiger partial charge is 0.387 e. The van der Waals surface area contributed by atoms with E-state index in [0.29, 0.717) is 12.6 Å². The Hall–Kier alpha value is -1.26. The van der Waals surface area contributed by atoms with Crippen molar-refractivity contribution in [3.8, 4) is 0 Å². The van der Waals surface area contributed by atoms with Crippen LogP contribution in [0.5, 0.6) is 0 Å². The minimum Gasteiger partial charge on any atom is -0.387 e. The molecule has 5 heteroatoms. The Labute approximate surface area is 83.9 Å². The minimum absolute atomic E-state index is 0.0952. The molecule has 0 bridgehead atoms. The summed E-state index contributed by atoms with van der Waals surface area (Å²) >= 11 is 0. The highest BCUT2D eigenvalue weighted by Gasteiger charge is 2.19. The maximum atomic E-state index is 11.2. The third-order valence-electron chi connectivity index (χ3n) is 2.54. The topological polar surface area (TPSA) is 91.0 Å². The van der Waals surface area contributed by atoms with Crippen molar-refractivity contribution < 1.29 is 4.79 Å². The molecule has 0 aromatic carbocycles. The van der Waals surface area contributed by atoms with E-state index in [4.69, 9.17) is 11.1 Å². The first-order valence-corrected chi connectivity index (χ1v) is 4.98. The van der Waals surface area contributed by atoms with Gasteiger partial charge in [0.2, 0.25) is 0 Å². The summed E-state index contributed by atoms with van der Waals surface area (Å²) in [4.78, 5) is 11.2. The first kappa shape index (κ1) is 10.8. The van der Waals surface area contributed by atoms with Crippen LogP contribution in [0.4, 0.5) is 4.79 Å². The van der Waals surface area contributed by atoms with Gasteiger partial charge in [0.05, 0.1) is 5.84 Å². The van der Waals surface area contributed by atoms with Crippen LogP contribution < -0.4 is 16.4 Å². The molecule has 0 heterocycles. The van der Waals surface area contributed by atoms with E-state index in [9.17, 15) is 4.79 Å². The second kappa shape index (κ2) is 4.83. The van der Waals surface area contributed by atoms with Gasteiger partial charge >= 0.3 is 6.03 Å². The average molecular weight is 198 g/mol. The molecule has 5 N–H and O–H groups in total. The van der Waals surface area contributed by atoms with E-state index in [1.165, 1.54) is 6.42 Å². The van der Waals surface area contributed by atoms with Crippen LogP contribution in [0.2, 0.25) is 0 Å². The lowest BCUT2D eigenvalue weighted by Crippen LogP contribution is -2.47. The molecule has 0 aliphatic heterocycles. The Kier molecular flexibility index (Phi) is 3.73. The molecule has 0 spiro atoms. The molecule has 0 aromatic rings. The van der Waals surface area contributed by atoms with Gasteiger partial charge < -0.3 is 16.4 Å². The minimum atomic E-state index is -0.150. The zero-order valence-corrected chi connectivity index (χ0v) is 8.47. The number of carbonyl (C=O) groups excluding carboxylic acids is 1. The quantitative estimate of drug-likeness (QED) is 0.389. The number of carbonyl (C=O) groups is 1. The maximum absolute atomic E-state index is 11.2. The third kappa shape index (κ3) is 3.24. The molecule has 1 atom stereocenters. The lowest BCUT2D eigenvalue weighted by molar-refractivity contribution is 0.228. The number of rotatable bonds is 4. The first-order valence-electron chi connectivity index (χ1n) is 4.98. The van der Waals surface area contributed by atoms with Gasteiger partial charge in [0.15, 0.2) is 0 Å². The van der Waals surface area contributed by atoms with Crippen LogP contribution in [0.25, 0.3) is 0 Å². The zero-order chi connectivity index (χ0) is 10.6. The van der Waals surface area contributed by atoms with E-state index in [1.54, 1.807) is 0 Å². The number of hydrogen-bond donors (Lipinski definition) is 4. The Balaban J connectivity index is 2.10. The van der Waals surface area contributed by atoms with Gasteiger partial charge in [-0.15, -0.1) is 0 Å². The molecular formula is C9H18N4O. The highest BCUT2D eigenvalue weighted by molar-refractivity contribution is 5.80. The normalized spacial score (nSPS) is 18.1. The van der Waals surface area contributed by atoms with E-state index in [2.05, 4.69) is 10.6 Å². The molecule has 0 aromatic heterocycles. The predicted molar refractivity (Wildman–Crippen MR) is 55.3 cm³/mol. The van der Waals surface area contributed by atoms with E-state index in [-0.39, 0.29) is 17.8 Å². The van der Waals surface area contributed by atoms with Gasteiger partial charge in [-0.25, -0.2) is 4.79 Å². The average Bonchev–Trinajstić information content (AvgIpc) is 2.07. The van der Waals surface area contributed by atoms with Gasteiger partial charge in [-0.3, -0.25) is 5.41 Å². The van der Waals surface area contributed by atoms with Crippen molar-refractivity contribution >= 4 is 11.9 Å². The number of hydrogen-bond acceptors (Lipinski definition) is 2.